The Morgan fingerprint density at radius 3 is 3.00 bits per heavy atom. The summed E-state index contributed by atoms with van der Waals surface area (Å²) in [6, 6.07) is 4.97. The largest absolute Gasteiger partial charge is 0.344 e. The first-order valence-electron chi connectivity index (χ1n) is 8.06. The van der Waals surface area contributed by atoms with Crippen molar-refractivity contribution < 1.29 is 0 Å². The molecule has 1 aromatic carbocycles. The van der Waals surface area contributed by atoms with E-state index in [4.69, 9.17) is 0 Å². The molecule has 0 bridgehead atoms. The van der Waals surface area contributed by atoms with E-state index in [2.05, 4.69) is 35.9 Å². The van der Waals surface area contributed by atoms with E-state index in [1.807, 2.05) is 0 Å². The Hall–Kier alpha value is -1.28. The lowest BCUT2D eigenvalue weighted by molar-refractivity contribution is 0.579. The van der Waals surface area contributed by atoms with Crippen molar-refractivity contribution in [1.82, 2.24) is 9.88 Å². The molecule has 2 aliphatic heterocycles. The summed E-state index contributed by atoms with van der Waals surface area (Å²) < 4.78 is 2.55. The van der Waals surface area contributed by atoms with Crippen LogP contribution in [0.5, 0.6) is 0 Å². The van der Waals surface area contributed by atoms with Gasteiger partial charge >= 0.3 is 0 Å². The predicted molar refractivity (Wildman–Crippen MR) is 84.4 cm³/mol. The topological polar surface area (TPSA) is 17.0 Å². The van der Waals surface area contributed by atoms with Crippen LogP contribution in [-0.4, -0.2) is 17.7 Å². The molecule has 1 fully saturated rings. The fourth-order valence-electron chi connectivity index (χ4n) is 4.17. The van der Waals surface area contributed by atoms with Crippen LogP contribution in [0, 0.1) is 19.8 Å². The summed E-state index contributed by atoms with van der Waals surface area (Å²) in [5.41, 5.74) is 7.64. The highest BCUT2D eigenvalue weighted by atomic mass is 15.0. The van der Waals surface area contributed by atoms with Crippen molar-refractivity contribution in [2.75, 3.05) is 13.1 Å². The molecule has 106 valence electrons. The maximum Gasteiger partial charge on any atom is 0.0517 e. The van der Waals surface area contributed by atoms with Crippen molar-refractivity contribution in [2.24, 2.45) is 5.92 Å². The number of aromatic nitrogens is 1. The van der Waals surface area contributed by atoms with E-state index in [9.17, 15) is 0 Å². The molecule has 1 unspecified atom stereocenters. The normalized spacial score (nSPS) is 21.8. The molecule has 3 heterocycles. The van der Waals surface area contributed by atoms with Gasteiger partial charge in [0.1, 0.15) is 0 Å². The van der Waals surface area contributed by atoms with Gasteiger partial charge in [-0.1, -0.05) is 6.07 Å². The number of benzene rings is 1. The predicted octanol–water partition coefficient (Wildman–Crippen LogP) is 3.36. The molecule has 1 saturated heterocycles. The second-order valence-corrected chi connectivity index (χ2v) is 6.68. The van der Waals surface area contributed by atoms with E-state index >= 15 is 0 Å². The fraction of sp³-hybridized carbons (Fsp3) is 0.556. The van der Waals surface area contributed by atoms with Crippen LogP contribution in [0.4, 0.5) is 0 Å². The Bertz CT molecular complexity index is 660. The zero-order valence-electron chi connectivity index (χ0n) is 12.6. The standard InChI is InChI=1S/C18H24N2/c1-12-13(2)20-7-3-4-16-9-15(10-17(12)18(16)20)8-14-5-6-19-11-14/h9-10,14,19H,3-8,11H2,1-2H3. The summed E-state index contributed by atoms with van der Waals surface area (Å²) in [6.07, 6.45) is 5.15. The minimum Gasteiger partial charge on any atom is -0.344 e. The maximum absolute atomic E-state index is 3.49. The van der Waals surface area contributed by atoms with Crippen molar-refractivity contribution in [3.05, 3.63) is 34.5 Å². The third-order valence-corrected chi connectivity index (χ3v) is 5.38. The SMILES string of the molecule is Cc1c(C)n2c3c(cc(CC4CCNC4)cc13)CCC2. The highest BCUT2D eigenvalue weighted by Crippen LogP contribution is 2.34. The number of rotatable bonds is 2. The van der Waals surface area contributed by atoms with Crippen LogP contribution in [0.1, 0.15) is 35.2 Å². The first-order valence-corrected chi connectivity index (χ1v) is 8.06. The molecule has 2 aliphatic rings. The number of hydrogen-bond donors (Lipinski definition) is 1. The van der Waals surface area contributed by atoms with Crippen LogP contribution in [0.15, 0.2) is 12.1 Å². The first-order chi connectivity index (χ1) is 9.74. The Kier molecular flexibility index (Phi) is 2.88. The zero-order valence-corrected chi connectivity index (χ0v) is 12.6. The van der Waals surface area contributed by atoms with E-state index in [0.717, 1.165) is 5.92 Å². The van der Waals surface area contributed by atoms with Gasteiger partial charge in [-0.3, -0.25) is 0 Å². The minimum absolute atomic E-state index is 0.840. The molecule has 1 aromatic heterocycles. The van der Waals surface area contributed by atoms with Crippen LogP contribution in [-0.2, 0) is 19.4 Å². The summed E-state index contributed by atoms with van der Waals surface area (Å²) in [5, 5.41) is 5.00. The molecule has 2 aromatic rings. The van der Waals surface area contributed by atoms with Crippen molar-refractivity contribution in [3.8, 4) is 0 Å². The third-order valence-electron chi connectivity index (χ3n) is 5.38. The second-order valence-electron chi connectivity index (χ2n) is 6.68. The first kappa shape index (κ1) is 12.5. The lowest BCUT2D eigenvalue weighted by Crippen LogP contribution is -2.12. The minimum atomic E-state index is 0.840. The van der Waals surface area contributed by atoms with Gasteiger partial charge in [-0.2, -0.15) is 0 Å². The molecule has 0 saturated carbocycles. The number of nitrogens with zero attached hydrogens (tertiary/aromatic N) is 1. The van der Waals surface area contributed by atoms with Gasteiger partial charge in [0.25, 0.3) is 0 Å². The molecule has 2 nitrogen and oxygen atoms in total. The van der Waals surface area contributed by atoms with E-state index in [1.54, 1.807) is 11.1 Å². The molecule has 2 heteroatoms. The van der Waals surface area contributed by atoms with Gasteiger partial charge in [0, 0.05) is 17.6 Å². The van der Waals surface area contributed by atoms with Crippen LogP contribution < -0.4 is 5.32 Å². The van der Waals surface area contributed by atoms with Gasteiger partial charge in [-0.15, -0.1) is 0 Å². The number of nitrogens with one attached hydrogen (secondary N) is 1. The highest BCUT2D eigenvalue weighted by Gasteiger charge is 2.20. The number of hydrogen-bond acceptors (Lipinski definition) is 1. The monoisotopic (exact) mass is 268 g/mol. The average molecular weight is 268 g/mol. The molecule has 0 amide bonds. The summed E-state index contributed by atoms with van der Waals surface area (Å²) in [4.78, 5) is 0. The van der Waals surface area contributed by atoms with Gasteiger partial charge in [-0.05, 0) is 81.3 Å². The molecule has 1 atom stereocenters. The number of aryl methyl sites for hydroxylation is 3. The Labute approximate surface area is 121 Å². The van der Waals surface area contributed by atoms with Crippen molar-refractivity contribution >= 4 is 10.9 Å². The average Bonchev–Trinajstić information content (AvgIpc) is 3.04. The molecule has 1 N–H and O–H groups in total. The van der Waals surface area contributed by atoms with E-state index in [-0.39, 0.29) is 0 Å². The molecular weight excluding hydrogens is 244 g/mol. The van der Waals surface area contributed by atoms with Crippen LogP contribution in [0.2, 0.25) is 0 Å². The van der Waals surface area contributed by atoms with Crippen molar-refractivity contribution in [1.29, 1.82) is 0 Å². The van der Waals surface area contributed by atoms with Crippen LogP contribution in [0.3, 0.4) is 0 Å². The van der Waals surface area contributed by atoms with Crippen LogP contribution in [0.25, 0.3) is 10.9 Å². The van der Waals surface area contributed by atoms with E-state index < -0.39 is 0 Å². The Morgan fingerprint density at radius 1 is 1.30 bits per heavy atom. The third kappa shape index (κ3) is 1.81. The quantitative estimate of drug-likeness (QED) is 0.884. The molecule has 0 aliphatic carbocycles. The molecule has 0 spiro atoms. The highest BCUT2D eigenvalue weighted by molar-refractivity contribution is 5.89. The zero-order chi connectivity index (χ0) is 13.7. The summed E-state index contributed by atoms with van der Waals surface area (Å²) in [5.74, 6) is 0.840. The molecule has 4 rings (SSSR count). The van der Waals surface area contributed by atoms with Gasteiger partial charge in [0.2, 0.25) is 0 Å². The van der Waals surface area contributed by atoms with E-state index in [0.29, 0.717) is 0 Å². The smallest absolute Gasteiger partial charge is 0.0517 e. The van der Waals surface area contributed by atoms with E-state index in [1.165, 1.54) is 67.5 Å². The van der Waals surface area contributed by atoms with Crippen molar-refractivity contribution in [3.63, 3.8) is 0 Å². The van der Waals surface area contributed by atoms with Gasteiger partial charge in [0.15, 0.2) is 0 Å². The maximum atomic E-state index is 3.49. The van der Waals surface area contributed by atoms with Crippen LogP contribution >= 0.6 is 0 Å². The summed E-state index contributed by atoms with van der Waals surface area (Å²) >= 11 is 0. The lowest BCUT2D eigenvalue weighted by atomic mass is 9.93. The van der Waals surface area contributed by atoms with Gasteiger partial charge in [-0.25, -0.2) is 0 Å². The van der Waals surface area contributed by atoms with Gasteiger partial charge < -0.3 is 9.88 Å². The summed E-state index contributed by atoms with van der Waals surface area (Å²) in [7, 11) is 0. The van der Waals surface area contributed by atoms with Gasteiger partial charge in [0.05, 0.1) is 5.52 Å². The Balaban J connectivity index is 1.82. The molecular formula is C18H24N2. The second kappa shape index (κ2) is 4.63. The molecule has 20 heavy (non-hydrogen) atoms. The lowest BCUT2D eigenvalue weighted by Gasteiger charge is -2.18. The summed E-state index contributed by atoms with van der Waals surface area (Å²) in [6.45, 7) is 8.19. The molecule has 0 radical (unpaired) electrons. The van der Waals surface area contributed by atoms with Crippen molar-refractivity contribution in [2.45, 2.75) is 46.1 Å². The fourth-order valence-corrected chi connectivity index (χ4v) is 4.17. The Morgan fingerprint density at radius 2 is 2.20 bits per heavy atom.